The number of nitrogens with zero attached hydrogens (tertiary/aromatic N) is 2. The summed E-state index contributed by atoms with van der Waals surface area (Å²) in [4.78, 5) is 6.68. The van der Waals surface area contributed by atoms with E-state index in [1.54, 1.807) is 12.4 Å². The van der Waals surface area contributed by atoms with Gasteiger partial charge in [0.1, 0.15) is 0 Å². The van der Waals surface area contributed by atoms with Crippen LogP contribution >= 0.6 is 11.6 Å². The molecule has 0 spiro atoms. The minimum Gasteiger partial charge on any atom is -0.370 e. The topological polar surface area (TPSA) is 42.2 Å². The zero-order chi connectivity index (χ0) is 22.2. The second-order valence-electron chi connectivity index (χ2n) is 8.00. The predicted molar refractivity (Wildman–Crippen MR) is 119 cm³/mol. The Morgan fingerprint density at radius 3 is 2.16 bits per heavy atom. The first kappa shape index (κ1) is 21.7. The fourth-order valence-electron chi connectivity index (χ4n) is 4.07. The lowest BCUT2D eigenvalue weighted by Crippen LogP contribution is -2.40. The predicted octanol–water partition coefficient (Wildman–Crippen LogP) is 6.32. The van der Waals surface area contributed by atoms with E-state index in [2.05, 4.69) is 9.88 Å². The zero-order valence-electron chi connectivity index (χ0n) is 17.1. The molecule has 7 heteroatoms. The van der Waals surface area contributed by atoms with Crippen molar-refractivity contribution in [3.63, 3.8) is 0 Å². The van der Waals surface area contributed by atoms with Crippen LogP contribution in [-0.4, -0.2) is 24.1 Å². The van der Waals surface area contributed by atoms with Crippen molar-refractivity contribution in [3.8, 4) is 22.3 Å². The molecule has 4 rings (SSSR count). The fourth-order valence-corrected chi connectivity index (χ4v) is 4.36. The summed E-state index contributed by atoms with van der Waals surface area (Å²) in [6.45, 7) is 3.51. The first-order valence-corrected chi connectivity index (χ1v) is 10.5. The Morgan fingerprint density at radius 2 is 1.58 bits per heavy atom. The van der Waals surface area contributed by atoms with Crippen LogP contribution in [0, 0.1) is 6.92 Å². The molecule has 0 unspecified atom stereocenters. The largest absolute Gasteiger partial charge is 0.416 e. The highest BCUT2D eigenvalue weighted by Gasteiger charge is 2.30. The number of aryl methyl sites for hydroxylation is 1. The monoisotopic (exact) mass is 445 g/mol. The highest BCUT2D eigenvalue weighted by molar-refractivity contribution is 6.31. The number of rotatable bonds is 3. The summed E-state index contributed by atoms with van der Waals surface area (Å²) in [6, 6.07) is 11.2. The number of alkyl halides is 3. The van der Waals surface area contributed by atoms with E-state index in [0.717, 1.165) is 66.0 Å². The average molecular weight is 446 g/mol. The van der Waals surface area contributed by atoms with Crippen LogP contribution in [0.3, 0.4) is 0 Å². The Balaban J connectivity index is 1.87. The lowest BCUT2D eigenvalue weighted by molar-refractivity contribution is -0.137. The van der Waals surface area contributed by atoms with E-state index in [-0.39, 0.29) is 6.04 Å². The molecule has 3 nitrogen and oxygen atoms in total. The van der Waals surface area contributed by atoms with Crippen LogP contribution in [0.15, 0.2) is 54.9 Å². The van der Waals surface area contributed by atoms with Crippen LogP contribution < -0.4 is 10.6 Å². The maximum Gasteiger partial charge on any atom is 0.416 e. The molecule has 0 bridgehead atoms. The van der Waals surface area contributed by atoms with Crippen LogP contribution in [0.2, 0.25) is 5.02 Å². The van der Waals surface area contributed by atoms with E-state index < -0.39 is 11.7 Å². The van der Waals surface area contributed by atoms with E-state index in [4.69, 9.17) is 17.3 Å². The Bertz CT molecular complexity index is 1050. The summed E-state index contributed by atoms with van der Waals surface area (Å²) >= 11 is 6.32. The van der Waals surface area contributed by atoms with Gasteiger partial charge in [-0.25, -0.2) is 0 Å². The van der Waals surface area contributed by atoms with E-state index >= 15 is 0 Å². The number of hydrogen-bond donors (Lipinski definition) is 1. The smallest absolute Gasteiger partial charge is 0.370 e. The molecule has 0 saturated carbocycles. The maximum atomic E-state index is 13.0. The van der Waals surface area contributed by atoms with Gasteiger partial charge in [-0.15, -0.1) is 0 Å². The number of piperidine rings is 1. The van der Waals surface area contributed by atoms with Gasteiger partial charge in [-0.1, -0.05) is 29.8 Å². The molecule has 0 atom stereocenters. The zero-order valence-corrected chi connectivity index (χ0v) is 17.8. The highest BCUT2D eigenvalue weighted by Crippen LogP contribution is 2.41. The number of anilines is 1. The molecule has 162 valence electrons. The molecular formula is C24H23ClF3N3. The minimum atomic E-state index is -4.37. The van der Waals surface area contributed by atoms with E-state index in [9.17, 15) is 13.2 Å². The third-order valence-electron chi connectivity index (χ3n) is 5.65. The Kier molecular flexibility index (Phi) is 5.95. The number of halogens is 4. The van der Waals surface area contributed by atoms with Gasteiger partial charge >= 0.3 is 6.18 Å². The number of hydrogen-bond acceptors (Lipinski definition) is 3. The van der Waals surface area contributed by atoms with Crippen LogP contribution in [0.1, 0.15) is 24.0 Å². The molecule has 1 aliphatic rings. The Labute approximate surface area is 184 Å². The minimum absolute atomic E-state index is 0.157. The lowest BCUT2D eigenvalue weighted by Gasteiger charge is -2.35. The van der Waals surface area contributed by atoms with Crippen LogP contribution in [-0.2, 0) is 6.18 Å². The molecule has 0 amide bonds. The highest BCUT2D eigenvalue weighted by atomic mass is 35.5. The maximum absolute atomic E-state index is 13.0. The van der Waals surface area contributed by atoms with E-state index in [1.165, 1.54) is 12.1 Å². The third kappa shape index (κ3) is 4.70. The molecular weight excluding hydrogens is 423 g/mol. The number of aromatic nitrogens is 1. The summed E-state index contributed by atoms with van der Waals surface area (Å²) < 4.78 is 39.1. The van der Waals surface area contributed by atoms with Gasteiger partial charge < -0.3 is 10.6 Å². The summed E-state index contributed by atoms with van der Waals surface area (Å²) in [5.74, 6) is 0. The molecule has 1 aliphatic heterocycles. The molecule has 1 saturated heterocycles. The normalized spacial score (nSPS) is 15.4. The lowest BCUT2D eigenvalue weighted by atomic mass is 9.94. The molecule has 1 aromatic heterocycles. The molecule has 31 heavy (non-hydrogen) atoms. The van der Waals surface area contributed by atoms with Crippen molar-refractivity contribution in [3.05, 3.63) is 71.0 Å². The van der Waals surface area contributed by atoms with E-state index in [0.29, 0.717) is 10.6 Å². The van der Waals surface area contributed by atoms with Crippen molar-refractivity contribution in [2.45, 2.75) is 32.0 Å². The SMILES string of the molecule is Cc1cc(Cl)cc(-c2cncc(-c3ccc(C(F)(F)F)cc3)c2N2CCC(N)CC2)c1. The van der Waals surface area contributed by atoms with Gasteiger partial charge in [-0.2, -0.15) is 13.2 Å². The van der Waals surface area contributed by atoms with Crippen molar-refractivity contribution in [1.29, 1.82) is 0 Å². The summed E-state index contributed by atoms with van der Waals surface area (Å²) in [5, 5.41) is 0.626. The Morgan fingerprint density at radius 1 is 0.968 bits per heavy atom. The molecule has 2 aromatic carbocycles. The van der Waals surface area contributed by atoms with Gasteiger partial charge in [0, 0.05) is 47.7 Å². The second kappa shape index (κ2) is 8.52. The van der Waals surface area contributed by atoms with Crippen molar-refractivity contribution in [1.82, 2.24) is 4.98 Å². The van der Waals surface area contributed by atoms with Gasteiger partial charge in [0.15, 0.2) is 0 Å². The molecule has 1 fully saturated rings. The molecule has 0 radical (unpaired) electrons. The van der Waals surface area contributed by atoms with Gasteiger partial charge in [0.05, 0.1) is 11.3 Å². The van der Waals surface area contributed by atoms with Crippen LogP contribution in [0.4, 0.5) is 18.9 Å². The van der Waals surface area contributed by atoms with Gasteiger partial charge in [-0.05, 0) is 60.7 Å². The summed E-state index contributed by atoms with van der Waals surface area (Å²) in [5.41, 5.74) is 10.7. The number of pyridine rings is 1. The fraction of sp³-hybridized carbons (Fsp3) is 0.292. The molecule has 2 heterocycles. The quantitative estimate of drug-likeness (QED) is 0.512. The first-order valence-electron chi connectivity index (χ1n) is 10.2. The summed E-state index contributed by atoms with van der Waals surface area (Å²) in [6.07, 6.45) is 0.838. The van der Waals surface area contributed by atoms with Gasteiger partial charge in [0.2, 0.25) is 0 Å². The van der Waals surface area contributed by atoms with Crippen LogP contribution in [0.5, 0.6) is 0 Å². The van der Waals surface area contributed by atoms with Gasteiger partial charge in [0.25, 0.3) is 0 Å². The second-order valence-corrected chi connectivity index (χ2v) is 8.44. The Hall–Kier alpha value is -2.57. The summed E-state index contributed by atoms with van der Waals surface area (Å²) in [7, 11) is 0. The molecule has 0 aliphatic carbocycles. The molecule has 2 N–H and O–H groups in total. The van der Waals surface area contributed by atoms with Crippen molar-refractivity contribution >= 4 is 17.3 Å². The first-order chi connectivity index (χ1) is 14.7. The van der Waals surface area contributed by atoms with E-state index in [1.807, 2.05) is 25.1 Å². The van der Waals surface area contributed by atoms with Crippen LogP contribution in [0.25, 0.3) is 22.3 Å². The number of benzene rings is 2. The van der Waals surface area contributed by atoms with Gasteiger partial charge in [-0.3, -0.25) is 4.98 Å². The molecule has 3 aromatic rings. The number of nitrogens with two attached hydrogens (primary N) is 1. The van der Waals surface area contributed by atoms with Crippen molar-refractivity contribution in [2.75, 3.05) is 18.0 Å². The standard InChI is InChI=1S/C24H23ClF3N3/c1-15-10-17(12-19(25)11-15)22-14-30-13-21(23(22)31-8-6-20(29)7-9-31)16-2-4-18(5-3-16)24(26,27)28/h2-5,10-14,20H,6-9,29H2,1H3. The van der Waals surface area contributed by atoms with Crippen molar-refractivity contribution < 1.29 is 13.2 Å². The average Bonchev–Trinajstić information content (AvgIpc) is 2.73. The third-order valence-corrected chi connectivity index (χ3v) is 5.87. The van der Waals surface area contributed by atoms with Crippen molar-refractivity contribution in [2.24, 2.45) is 5.73 Å².